The number of aromatic nitrogens is 2. The molecular weight excluding hydrogens is 410 g/mol. The van der Waals surface area contributed by atoms with E-state index in [0.29, 0.717) is 23.5 Å². The monoisotopic (exact) mass is 437 g/mol. The molecule has 0 spiro atoms. The summed E-state index contributed by atoms with van der Waals surface area (Å²) < 4.78 is 11.5. The first kappa shape index (κ1) is 21.4. The predicted octanol–water partition coefficient (Wildman–Crippen LogP) is 5.59. The lowest BCUT2D eigenvalue weighted by Crippen LogP contribution is -2.42. The topological polar surface area (TPSA) is 68.5 Å². The Labute approximate surface area is 187 Å². The third-order valence-corrected chi connectivity index (χ3v) is 6.19. The van der Waals surface area contributed by atoms with Gasteiger partial charge in [0.15, 0.2) is 0 Å². The zero-order valence-electron chi connectivity index (χ0n) is 17.7. The lowest BCUT2D eigenvalue weighted by molar-refractivity contribution is -0.116. The summed E-state index contributed by atoms with van der Waals surface area (Å²) in [5.74, 6) is 1.41. The fourth-order valence-corrected chi connectivity index (χ4v) is 4.60. The van der Waals surface area contributed by atoms with E-state index in [1.807, 2.05) is 66.4 Å². The second-order valence-electron chi connectivity index (χ2n) is 7.48. The Kier molecular flexibility index (Phi) is 7.25. The molecule has 31 heavy (non-hydrogen) atoms. The van der Waals surface area contributed by atoms with Gasteiger partial charge in [0.25, 0.3) is 11.1 Å². The number of hydrogen-bond donors (Lipinski definition) is 0. The highest BCUT2D eigenvalue weighted by Crippen LogP contribution is 2.32. The lowest BCUT2D eigenvalue weighted by atomic mass is 9.93. The average molecular weight is 438 g/mol. The van der Waals surface area contributed by atoms with Crippen LogP contribution in [0.15, 0.2) is 64.2 Å². The molecule has 0 aliphatic heterocycles. The van der Waals surface area contributed by atoms with E-state index >= 15 is 0 Å². The molecule has 4 rings (SSSR count). The Hall–Kier alpha value is -2.80. The Morgan fingerprint density at radius 3 is 2.58 bits per heavy atom. The van der Waals surface area contributed by atoms with Crippen molar-refractivity contribution in [3.8, 4) is 17.2 Å². The van der Waals surface area contributed by atoms with Crippen molar-refractivity contribution in [3.63, 3.8) is 0 Å². The van der Waals surface area contributed by atoms with Crippen molar-refractivity contribution in [2.45, 2.75) is 50.3 Å². The van der Waals surface area contributed by atoms with Crippen LogP contribution in [0.1, 0.15) is 39.0 Å². The van der Waals surface area contributed by atoms with Gasteiger partial charge in [-0.05, 0) is 44.0 Å². The number of hydrogen-bond acceptors (Lipinski definition) is 6. The third-order valence-electron chi connectivity index (χ3n) is 5.39. The molecule has 1 amide bonds. The molecular formula is C24H27N3O3S. The number of rotatable bonds is 8. The number of carbonyl (C=O) groups excluding carboxylic acids is 1. The lowest BCUT2D eigenvalue weighted by Gasteiger charge is -2.34. The smallest absolute Gasteiger partial charge is 0.277 e. The highest BCUT2D eigenvalue weighted by Gasteiger charge is 2.27. The summed E-state index contributed by atoms with van der Waals surface area (Å²) in [6, 6.07) is 17.8. The van der Waals surface area contributed by atoms with Gasteiger partial charge in [-0.2, -0.15) is 0 Å². The van der Waals surface area contributed by atoms with Crippen LogP contribution in [0.2, 0.25) is 0 Å². The molecule has 1 aliphatic rings. The van der Waals surface area contributed by atoms with Gasteiger partial charge in [0.2, 0.25) is 5.91 Å². The van der Waals surface area contributed by atoms with Crippen LogP contribution in [0.4, 0.5) is 5.69 Å². The van der Waals surface area contributed by atoms with E-state index in [2.05, 4.69) is 10.2 Å². The van der Waals surface area contributed by atoms with Crippen LogP contribution >= 0.6 is 11.8 Å². The number of benzene rings is 2. The summed E-state index contributed by atoms with van der Waals surface area (Å²) in [6.07, 6.45) is 5.67. The van der Waals surface area contributed by atoms with Gasteiger partial charge in [-0.25, -0.2) is 0 Å². The van der Waals surface area contributed by atoms with Crippen LogP contribution in [0.5, 0.6) is 5.75 Å². The van der Waals surface area contributed by atoms with Gasteiger partial charge >= 0.3 is 0 Å². The van der Waals surface area contributed by atoms with Crippen molar-refractivity contribution in [2.24, 2.45) is 0 Å². The molecule has 1 aromatic heterocycles. The van der Waals surface area contributed by atoms with E-state index in [4.69, 9.17) is 9.15 Å². The highest BCUT2D eigenvalue weighted by molar-refractivity contribution is 7.99. The van der Waals surface area contributed by atoms with Crippen LogP contribution < -0.4 is 9.64 Å². The molecule has 1 heterocycles. The summed E-state index contributed by atoms with van der Waals surface area (Å²) in [5.41, 5.74) is 1.71. The first-order chi connectivity index (χ1) is 15.3. The van der Waals surface area contributed by atoms with Crippen molar-refractivity contribution >= 4 is 23.4 Å². The molecule has 1 fully saturated rings. The van der Waals surface area contributed by atoms with Gasteiger partial charge in [-0.3, -0.25) is 4.79 Å². The van der Waals surface area contributed by atoms with Gasteiger partial charge in [-0.15, -0.1) is 10.2 Å². The molecule has 0 N–H and O–H groups in total. The fourth-order valence-electron chi connectivity index (χ4n) is 3.98. The number of nitrogens with zero attached hydrogens (tertiary/aromatic N) is 3. The van der Waals surface area contributed by atoms with Gasteiger partial charge in [0.1, 0.15) is 5.75 Å². The van der Waals surface area contributed by atoms with Crippen molar-refractivity contribution in [2.75, 3.05) is 17.3 Å². The van der Waals surface area contributed by atoms with Crippen LogP contribution in [-0.2, 0) is 4.79 Å². The number of para-hydroxylation sites is 2. The molecule has 1 saturated carbocycles. The minimum Gasteiger partial charge on any atom is -0.493 e. The Morgan fingerprint density at radius 2 is 1.81 bits per heavy atom. The number of ether oxygens (including phenoxy) is 1. The molecule has 0 unspecified atom stereocenters. The Balaban J connectivity index is 1.46. The van der Waals surface area contributed by atoms with Gasteiger partial charge in [0, 0.05) is 11.7 Å². The van der Waals surface area contributed by atoms with E-state index in [1.54, 1.807) is 0 Å². The van der Waals surface area contributed by atoms with E-state index in [1.165, 1.54) is 31.0 Å². The minimum atomic E-state index is 0.0672. The van der Waals surface area contributed by atoms with E-state index in [-0.39, 0.29) is 17.7 Å². The van der Waals surface area contributed by atoms with Crippen LogP contribution in [0, 0.1) is 0 Å². The van der Waals surface area contributed by atoms with Crippen LogP contribution in [0.3, 0.4) is 0 Å². The van der Waals surface area contributed by atoms with Crippen LogP contribution in [0.25, 0.3) is 11.5 Å². The zero-order valence-corrected chi connectivity index (χ0v) is 18.5. The zero-order chi connectivity index (χ0) is 21.5. The summed E-state index contributed by atoms with van der Waals surface area (Å²) in [5, 5.41) is 8.67. The standard InChI is InChI=1S/C24H27N3O3S/c1-2-29-21-16-10-9-15-20(21)23-25-26-24(30-23)31-17-22(28)27(18-11-5-3-6-12-18)19-13-7-4-8-14-19/h3,5-6,9-12,15-16,19H,2,4,7-8,13-14,17H2,1H3. The summed E-state index contributed by atoms with van der Waals surface area (Å²) in [7, 11) is 0. The third kappa shape index (κ3) is 5.28. The minimum absolute atomic E-state index is 0.0672. The second kappa shape index (κ2) is 10.5. The van der Waals surface area contributed by atoms with Gasteiger partial charge < -0.3 is 14.1 Å². The quantitative estimate of drug-likeness (QED) is 0.428. The SMILES string of the molecule is CCOc1ccccc1-c1nnc(SCC(=O)N(c2ccccc2)C2CCCCC2)o1. The van der Waals surface area contributed by atoms with E-state index < -0.39 is 0 Å². The maximum atomic E-state index is 13.2. The van der Waals surface area contributed by atoms with Crippen molar-refractivity contribution in [1.82, 2.24) is 10.2 Å². The first-order valence-corrected chi connectivity index (χ1v) is 11.8. The molecule has 2 aromatic carbocycles. The molecule has 162 valence electrons. The van der Waals surface area contributed by atoms with Crippen molar-refractivity contribution in [1.29, 1.82) is 0 Å². The molecule has 3 aromatic rings. The van der Waals surface area contributed by atoms with Crippen molar-refractivity contribution in [3.05, 3.63) is 54.6 Å². The van der Waals surface area contributed by atoms with Gasteiger partial charge in [0.05, 0.1) is 17.9 Å². The van der Waals surface area contributed by atoms with E-state index in [0.717, 1.165) is 24.1 Å². The number of amides is 1. The molecule has 7 heteroatoms. The molecule has 0 radical (unpaired) electrons. The molecule has 1 aliphatic carbocycles. The summed E-state index contributed by atoms with van der Waals surface area (Å²) in [6.45, 7) is 2.49. The van der Waals surface area contributed by atoms with E-state index in [9.17, 15) is 4.79 Å². The molecule has 6 nitrogen and oxygen atoms in total. The largest absolute Gasteiger partial charge is 0.493 e. The number of anilines is 1. The number of thioether (sulfide) groups is 1. The highest BCUT2D eigenvalue weighted by atomic mass is 32.2. The second-order valence-corrected chi connectivity index (χ2v) is 8.41. The summed E-state index contributed by atoms with van der Waals surface area (Å²) >= 11 is 1.28. The average Bonchev–Trinajstić information content (AvgIpc) is 3.29. The predicted molar refractivity (Wildman–Crippen MR) is 122 cm³/mol. The Bertz CT molecular complexity index is 986. The van der Waals surface area contributed by atoms with Crippen molar-refractivity contribution < 1.29 is 13.9 Å². The van der Waals surface area contributed by atoms with Gasteiger partial charge in [-0.1, -0.05) is 61.4 Å². The van der Waals surface area contributed by atoms with Crippen LogP contribution in [-0.4, -0.2) is 34.5 Å². The first-order valence-electron chi connectivity index (χ1n) is 10.8. The molecule has 0 atom stereocenters. The molecule has 0 saturated heterocycles. The maximum absolute atomic E-state index is 13.2. The molecule has 0 bridgehead atoms. The fraction of sp³-hybridized carbons (Fsp3) is 0.375. The summed E-state index contributed by atoms with van der Waals surface area (Å²) in [4.78, 5) is 15.2. The maximum Gasteiger partial charge on any atom is 0.277 e. The normalized spacial score (nSPS) is 14.4. The number of carbonyl (C=O) groups is 1. The Morgan fingerprint density at radius 1 is 1.06 bits per heavy atom.